The average molecular weight is 319 g/mol. The molecule has 0 aromatic carbocycles. The second kappa shape index (κ2) is 8.47. The van der Waals surface area contributed by atoms with Gasteiger partial charge in [-0.25, -0.2) is 4.79 Å². The third-order valence-corrected chi connectivity index (χ3v) is 3.94. The van der Waals surface area contributed by atoms with Gasteiger partial charge in [0.2, 0.25) is 5.91 Å². The third-order valence-electron chi connectivity index (χ3n) is 3.94. The molecule has 0 unspecified atom stereocenters. The molecule has 1 aliphatic rings. The lowest BCUT2D eigenvalue weighted by Gasteiger charge is -2.31. The van der Waals surface area contributed by atoms with Gasteiger partial charge in [0.05, 0.1) is 18.8 Å². The molecule has 1 aromatic rings. The second-order valence-corrected chi connectivity index (χ2v) is 5.82. The first-order valence-corrected chi connectivity index (χ1v) is 7.96. The molecular weight excluding hydrogens is 294 g/mol. The number of carbonyl (C=O) groups excluding carboxylic acids is 2. The minimum absolute atomic E-state index is 0.0276. The maximum atomic E-state index is 11.9. The molecule has 23 heavy (non-hydrogen) atoms. The Bertz CT molecular complexity index is 541. The van der Waals surface area contributed by atoms with Crippen molar-refractivity contribution in [3.8, 4) is 0 Å². The predicted molar refractivity (Wildman–Crippen MR) is 87.9 cm³/mol. The standard InChI is InChI=1S/C16H25N5O2/c1-12-4-3-5-14(19-12)10-18-16(23)20-13-6-8-21(9-7-13)11-15(22)17-2/h3-5,13H,6-11H2,1-2H3,(H,17,22)(H2,18,20,23). The minimum Gasteiger partial charge on any atom is -0.358 e. The third kappa shape index (κ3) is 5.86. The summed E-state index contributed by atoms with van der Waals surface area (Å²) in [5.74, 6) is 0.0276. The Morgan fingerprint density at radius 3 is 2.70 bits per heavy atom. The molecule has 7 nitrogen and oxygen atoms in total. The molecule has 3 N–H and O–H groups in total. The summed E-state index contributed by atoms with van der Waals surface area (Å²) in [6.07, 6.45) is 1.71. The van der Waals surface area contributed by atoms with Crippen LogP contribution >= 0.6 is 0 Å². The van der Waals surface area contributed by atoms with Gasteiger partial charge in [-0.05, 0) is 31.9 Å². The first-order valence-electron chi connectivity index (χ1n) is 7.96. The van der Waals surface area contributed by atoms with Crippen molar-refractivity contribution < 1.29 is 9.59 Å². The highest BCUT2D eigenvalue weighted by atomic mass is 16.2. The van der Waals surface area contributed by atoms with Gasteiger partial charge in [0, 0.05) is 31.9 Å². The van der Waals surface area contributed by atoms with Crippen molar-refractivity contribution in [1.82, 2.24) is 25.8 Å². The quantitative estimate of drug-likeness (QED) is 0.733. The summed E-state index contributed by atoms with van der Waals surface area (Å²) in [7, 11) is 1.64. The van der Waals surface area contributed by atoms with E-state index in [0.29, 0.717) is 13.1 Å². The van der Waals surface area contributed by atoms with E-state index in [1.807, 2.05) is 25.1 Å². The first kappa shape index (κ1) is 17.2. The highest BCUT2D eigenvalue weighted by Gasteiger charge is 2.21. The molecule has 1 saturated heterocycles. The molecule has 0 atom stereocenters. The van der Waals surface area contributed by atoms with Crippen molar-refractivity contribution in [2.75, 3.05) is 26.7 Å². The number of hydrogen-bond donors (Lipinski definition) is 3. The average Bonchev–Trinajstić information content (AvgIpc) is 2.55. The molecule has 2 rings (SSSR count). The molecule has 0 saturated carbocycles. The number of carbonyl (C=O) groups is 2. The smallest absolute Gasteiger partial charge is 0.315 e. The van der Waals surface area contributed by atoms with Crippen LogP contribution in [0.1, 0.15) is 24.2 Å². The fourth-order valence-corrected chi connectivity index (χ4v) is 2.62. The van der Waals surface area contributed by atoms with Crippen molar-refractivity contribution >= 4 is 11.9 Å². The number of pyridine rings is 1. The van der Waals surface area contributed by atoms with E-state index in [1.54, 1.807) is 7.05 Å². The fourth-order valence-electron chi connectivity index (χ4n) is 2.62. The Labute approximate surface area is 136 Å². The van der Waals surface area contributed by atoms with Crippen LogP contribution in [0.15, 0.2) is 18.2 Å². The van der Waals surface area contributed by atoms with Crippen LogP contribution in [0.3, 0.4) is 0 Å². The SMILES string of the molecule is CNC(=O)CN1CCC(NC(=O)NCc2cccc(C)n2)CC1. The largest absolute Gasteiger partial charge is 0.358 e. The van der Waals surface area contributed by atoms with Crippen LogP contribution in [-0.4, -0.2) is 54.5 Å². The van der Waals surface area contributed by atoms with Gasteiger partial charge in [0.1, 0.15) is 0 Å². The molecule has 0 spiro atoms. The molecule has 0 aliphatic carbocycles. The summed E-state index contributed by atoms with van der Waals surface area (Å²) < 4.78 is 0. The van der Waals surface area contributed by atoms with E-state index >= 15 is 0 Å². The molecule has 0 radical (unpaired) electrons. The van der Waals surface area contributed by atoms with Crippen LogP contribution < -0.4 is 16.0 Å². The second-order valence-electron chi connectivity index (χ2n) is 5.82. The lowest BCUT2D eigenvalue weighted by Crippen LogP contribution is -2.49. The summed E-state index contributed by atoms with van der Waals surface area (Å²) in [5.41, 5.74) is 1.79. The van der Waals surface area contributed by atoms with Crippen LogP contribution in [-0.2, 0) is 11.3 Å². The van der Waals surface area contributed by atoms with E-state index in [1.165, 1.54) is 0 Å². The lowest BCUT2D eigenvalue weighted by molar-refractivity contribution is -0.122. The van der Waals surface area contributed by atoms with Crippen molar-refractivity contribution in [2.24, 2.45) is 0 Å². The number of piperidine rings is 1. The monoisotopic (exact) mass is 319 g/mol. The summed E-state index contributed by atoms with van der Waals surface area (Å²) in [6.45, 7) is 4.41. The zero-order valence-corrected chi connectivity index (χ0v) is 13.8. The van der Waals surface area contributed by atoms with Gasteiger partial charge < -0.3 is 16.0 Å². The number of nitrogens with one attached hydrogen (secondary N) is 3. The summed E-state index contributed by atoms with van der Waals surface area (Å²) >= 11 is 0. The topological polar surface area (TPSA) is 86.4 Å². The first-order chi connectivity index (χ1) is 11.1. The Morgan fingerprint density at radius 2 is 2.04 bits per heavy atom. The highest BCUT2D eigenvalue weighted by molar-refractivity contribution is 5.77. The summed E-state index contributed by atoms with van der Waals surface area (Å²) in [6, 6.07) is 5.74. The molecule has 3 amide bonds. The van der Waals surface area contributed by atoms with Crippen LogP contribution in [0.4, 0.5) is 4.79 Å². The molecule has 1 aromatic heterocycles. The van der Waals surface area contributed by atoms with E-state index in [0.717, 1.165) is 37.3 Å². The normalized spacial score (nSPS) is 15.9. The number of aryl methyl sites for hydroxylation is 1. The molecule has 2 heterocycles. The van der Waals surface area contributed by atoms with Crippen molar-refractivity contribution in [3.05, 3.63) is 29.6 Å². The van der Waals surface area contributed by atoms with Gasteiger partial charge in [-0.3, -0.25) is 14.7 Å². The van der Waals surface area contributed by atoms with Gasteiger partial charge in [-0.1, -0.05) is 6.07 Å². The Balaban J connectivity index is 1.67. The molecule has 1 aliphatic heterocycles. The number of aromatic nitrogens is 1. The van der Waals surface area contributed by atoms with Crippen LogP contribution in [0.5, 0.6) is 0 Å². The zero-order valence-electron chi connectivity index (χ0n) is 13.8. The fraction of sp³-hybridized carbons (Fsp3) is 0.562. The maximum absolute atomic E-state index is 11.9. The van der Waals surface area contributed by atoms with Crippen molar-refractivity contribution in [2.45, 2.75) is 32.4 Å². The molecule has 1 fully saturated rings. The van der Waals surface area contributed by atoms with Gasteiger partial charge in [-0.2, -0.15) is 0 Å². The summed E-state index contributed by atoms with van der Waals surface area (Å²) in [5, 5.41) is 8.45. The van der Waals surface area contributed by atoms with Crippen molar-refractivity contribution in [3.63, 3.8) is 0 Å². The molecule has 126 valence electrons. The van der Waals surface area contributed by atoms with E-state index < -0.39 is 0 Å². The van der Waals surface area contributed by atoms with Gasteiger partial charge in [-0.15, -0.1) is 0 Å². The Morgan fingerprint density at radius 1 is 1.30 bits per heavy atom. The van der Waals surface area contributed by atoms with E-state index in [9.17, 15) is 9.59 Å². The number of amides is 3. The zero-order chi connectivity index (χ0) is 16.7. The van der Waals surface area contributed by atoms with Crippen LogP contribution in [0.2, 0.25) is 0 Å². The summed E-state index contributed by atoms with van der Waals surface area (Å²) in [4.78, 5) is 29.7. The number of nitrogens with zero attached hydrogens (tertiary/aromatic N) is 2. The molecule has 0 bridgehead atoms. The number of urea groups is 1. The molecule has 7 heteroatoms. The van der Waals surface area contributed by atoms with E-state index in [-0.39, 0.29) is 18.0 Å². The van der Waals surface area contributed by atoms with Crippen LogP contribution in [0, 0.1) is 6.92 Å². The van der Waals surface area contributed by atoms with E-state index in [2.05, 4.69) is 25.8 Å². The number of likely N-dealkylation sites (N-methyl/N-ethyl adjacent to an activating group) is 1. The predicted octanol–water partition coefficient (Wildman–Crippen LogP) is 0.400. The van der Waals surface area contributed by atoms with Crippen molar-refractivity contribution in [1.29, 1.82) is 0 Å². The van der Waals surface area contributed by atoms with Gasteiger partial charge in [0.15, 0.2) is 0 Å². The Kier molecular flexibility index (Phi) is 6.34. The Hall–Kier alpha value is -2.15. The van der Waals surface area contributed by atoms with Gasteiger partial charge >= 0.3 is 6.03 Å². The maximum Gasteiger partial charge on any atom is 0.315 e. The number of likely N-dealkylation sites (tertiary alicyclic amines) is 1. The van der Waals surface area contributed by atoms with Gasteiger partial charge in [0.25, 0.3) is 0 Å². The molecular formula is C16H25N5O2. The highest BCUT2D eigenvalue weighted by Crippen LogP contribution is 2.09. The number of rotatable bonds is 5. The lowest BCUT2D eigenvalue weighted by atomic mass is 10.1. The van der Waals surface area contributed by atoms with E-state index in [4.69, 9.17) is 0 Å². The number of hydrogen-bond acceptors (Lipinski definition) is 4. The minimum atomic E-state index is -0.168. The van der Waals surface area contributed by atoms with Crippen LogP contribution in [0.25, 0.3) is 0 Å².